The van der Waals surface area contributed by atoms with Crippen molar-refractivity contribution in [3.63, 3.8) is 0 Å². The van der Waals surface area contributed by atoms with Crippen LogP contribution in [0.5, 0.6) is 0 Å². The van der Waals surface area contributed by atoms with Crippen LogP contribution in [0, 0.1) is 26.7 Å². The zero-order valence-corrected chi connectivity index (χ0v) is 16.4. The monoisotopic (exact) mass is 369 g/mol. The Morgan fingerprint density at radius 2 is 1.76 bits per heavy atom. The topological polar surface area (TPSA) is 81.7 Å². The number of ether oxygens (including phenoxy) is 2. The average molecular weight is 369 g/mol. The van der Waals surface area contributed by atoms with Gasteiger partial charge in [-0.1, -0.05) is 37.6 Å². The van der Waals surface area contributed by atoms with E-state index in [9.17, 15) is 13.2 Å². The van der Waals surface area contributed by atoms with Gasteiger partial charge in [0.1, 0.15) is 6.61 Å². The molecule has 7 heteroatoms. The minimum atomic E-state index is -3.67. The highest BCUT2D eigenvalue weighted by atomic mass is 32.2. The van der Waals surface area contributed by atoms with E-state index >= 15 is 0 Å². The molecule has 0 amide bonds. The van der Waals surface area contributed by atoms with Crippen molar-refractivity contribution in [1.82, 2.24) is 4.72 Å². The summed E-state index contributed by atoms with van der Waals surface area (Å²) >= 11 is 0. The maximum atomic E-state index is 12.8. The zero-order valence-electron chi connectivity index (χ0n) is 15.6. The standard InChI is InChI=1S/C18H27NO5S/c1-12(2)16(8-7-9-24-18(20)23-6)19-25(21,22)17-14(4)10-13(3)11-15(17)5/h7-8,10-12,16,19H,9H2,1-6H3/b8-7-. The van der Waals surface area contributed by atoms with Crippen molar-refractivity contribution in [3.05, 3.63) is 41.0 Å². The number of sulfonamides is 1. The number of hydrogen-bond acceptors (Lipinski definition) is 5. The highest BCUT2D eigenvalue weighted by molar-refractivity contribution is 7.89. The number of methoxy groups -OCH3 is 1. The van der Waals surface area contributed by atoms with Gasteiger partial charge in [0.15, 0.2) is 0 Å². The summed E-state index contributed by atoms with van der Waals surface area (Å²) < 4.78 is 37.5. The van der Waals surface area contributed by atoms with E-state index in [0.29, 0.717) is 16.0 Å². The van der Waals surface area contributed by atoms with Gasteiger partial charge in [0.05, 0.1) is 12.0 Å². The number of aryl methyl sites for hydroxylation is 3. The van der Waals surface area contributed by atoms with E-state index in [-0.39, 0.29) is 12.5 Å². The van der Waals surface area contributed by atoms with Crippen LogP contribution in [0.2, 0.25) is 0 Å². The quantitative estimate of drug-likeness (QED) is 0.589. The van der Waals surface area contributed by atoms with Crippen molar-refractivity contribution in [3.8, 4) is 0 Å². The average Bonchev–Trinajstić information content (AvgIpc) is 2.48. The van der Waals surface area contributed by atoms with Crippen LogP contribution >= 0.6 is 0 Å². The molecular weight excluding hydrogens is 342 g/mol. The molecule has 0 saturated heterocycles. The van der Waals surface area contributed by atoms with Crippen molar-refractivity contribution < 1.29 is 22.7 Å². The molecule has 1 aromatic carbocycles. The number of rotatable bonds is 7. The maximum Gasteiger partial charge on any atom is 0.508 e. The molecular formula is C18H27NO5S. The van der Waals surface area contributed by atoms with Crippen molar-refractivity contribution in [2.45, 2.75) is 45.6 Å². The fourth-order valence-corrected chi connectivity index (χ4v) is 4.40. The molecule has 0 aliphatic carbocycles. The number of benzene rings is 1. The molecule has 0 bridgehead atoms. The summed E-state index contributed by atoms with van der Waals surface area (Å²) in [5, 5.41) is 0. The molecule has 1 atom stereocenters. The van der Waals surface area contributed by atoms with E-state index < -0.39 is 22.2 Å². The van der Waals surface area contributed by atoms with Crippen molar-refractivity contribution in [1.29, 1.82) is 0 Å². The Hall–Kier alpha value is -1.86. The van der Waals surface area contributed by atoms with Gasteiger partial charge in [-0.3, -0.25) is 0 Å². The third-order valence-electron chi connectivity index (χ3n) is 3.69. The molecule has 0 aliphatic heterocycles. The van der Waals surface area contributed by atoms with Gasteiger partial charge in [-0.15, -0.1) is 0 Å². The highest BCUT2D eigenvalue weighted by Crippen LogP contribution is 2.22. The summed E-state index contributed by atoms with van der Waals surface area (Å²) in [6.45, 7) is 9.35. The minimum absolute atomic E-state index is 0.0141. The Balaban J connectivity index is 2.98. The van der Waals surface area contributed by atoms with Gasteiger partial charge in [-0.2, -0.15) is 0 Å². The predicted molar refractivity (Wildman–Crippen MR) is 97.1 cm³/mol. The van der Waals surface area contributed by atoms with Gasteiger partial charge in [0.2, 0.25) is 10.0 Å². The second-order valence-corrected chi connectivity index (χ2v) is 7.96. The molecule has 0 heterocycles. The molecule has 0 aromatic heterocycles. The SMILES string of the molecule is COC(=O)OC/C=C\C(NS(=O)(=O)c1c(C)cc(C)cc1C)C(C)C. The van der Waals surface area contributed by atoms with Gasteiger partial charge in [-0.05, 0) is 43.9 Å². The van der Waals surface area contributed by atoms with Gasteiger partial charge in [-0.25, -0.2) is 17.9 Å². The Labute approximate surface area is 150 Å². The van der Waals surface area contributed by atoms with Crippen LogP contribution in [0.4, 0.5) is 4.79 Å². The first-order valence-corrected chi connectivity index (χ1v) is 9.54. The number of carbonyl (C=O) groups is 1. The molecule has 0 radical (unpaired) electrons. The summed E-state index contributed by atoms with van der Waals surface area (Å²) in [7, 11) is -2.45. The van der Waals surface area contributed by atoms with Crippen molar-refractivity contribution in [2.75, 3.05) is 13.7 Å². The largest absolute Gasteiger partial charge is 0.508 e. The first kappa shape index (κ1) is 21.2. The van der Waals surface area contributed by atoms with E-state index in [0.717, 1.165) is 5.56 Å². The van der Waals surface area contributed by atoms with Crippen molar-refractivity contribution >= 4 is 16.2 Å². The Bertz CT molecular complexity index is 715. The lowest BCUT2D eigenvalue weighted by Gasteiger charge is -2.21. The van der Waals surface area contributed by atoms with Crippen LogP contribution < -0.4 is 4.72 Å². The zero-order chi connectivity index (χ0) is 19.2. The minimum Gasteiger partial charge on any atom is -0.438 e. The van der Waals surface area contributed by atoms with Crippen LogP contribution in [0.1, 0.15) is 30.5 Å². The summed E-state index contributed by atoms with van der Waals surface area (Å²) in [5.41, 5.74) is 2.45. The van der Waals surface area contributed by atoms with E-state index in [1.54, 1.807) is 26.0 Å². The summed E-state index contributed by atoms with van der Waals surface area (Å²) in [6.07, 6.45) is 2.50. The second-order valence-electron chi connectivity index (χ2n) is 6.31. The number of carbonyl (C=O) groups excluding carboxylic acids is 1. The first-order chi connectivity index (χ1) is 11.6. The van der Waals surface area contributed by atoms with Gasteiger partial charge in [0.25, 0.3) is 0 Å². The molecule has 25 heavy (non-hydrogen) atoms. The molecule has 140 valence electrons. The summed E-state index contributed by atoms with van der Waals surface area (Å²) in [5.74, 6) is 0.0233. The van der Waals surface area contributed by atoms with Crippen LogP contribution in [-0.2, 0) is 19.5 Å². The third kappa shape index (κ3) is 6.17. The molecule has 0 fully saturated rings. The van der Waals surface area contributed by atoms with E-state index in [4.69, 9.17) is 4.74 Å². The lowest BCUT2D eigenvalue weighted by atomic mass is 10.1. The molecule has 1 N–H and O–H groups in total. The fourth-order valence-electron chi connectivity index (χ4n) is 2.60. The van der Waals surface area contributed by atoms with Gasteiger partial charge < -0.3 is 9.47 Å². The lowest BCUT2D eigenvalue weighted by Crippen LogP contribution is -2.37. The van der Waals surface area contributed by atoms with Crippen LogP contribution in [0.3, 0.4) is 0 Å². The Kier molecular flexibility index (Phi) is 7.63. The number of nitrogens with one attached hydrogen (secondary N) is 1. The molecule has 1 unspecified atom stereocenters. The normalized spacial score (nSPS) is 13.2. The maximum absolute atomic E-state index is 12.8. The molecule has 0 spiro atoms. The fraction of sp³-hybridized carbons (Fsp3) is 0.500. The van der Waals surface area contributed by atoms with Crippen LogP contribution in [0.25, 0.3) is 0 Å². The highest BCUT2D eigenvalue weighted by Gasteiger charge is 2.24. The smallest absolute Gasteiger partial charge is 0.438 e. The van der Waals surface area contributed by atoms with E-state index in [1.807, 2.05) is 32.9 Å². The molecule has 0 aliphatic rings. The van der Waals surface area contributed by atoms with Gasteiger partial charge in [0, 0.05) is 6.04 Å². The van der Waals surface area contributed by atoms with Gasteiger partial charge >= 0.3 is 6.16 Å². The summed E-state index contributed by atoms with van der Waals surface area (Å²) in [6, 6.07) is 3.28. The lowest BCUT2D eigenvalue weighted by molar-refractivity contribution is 0.0817. The van der Waals surface area contributed by atoms with Crippen molar-refractivity contribution in [2.24, 2.45) is 5.92 Å². The Morgan fingerprint density at radius 1 is 1.20 bits per heavy atom. The molecule has 1 aromatic rings. The van der Waals surface area contributed by atoms with E-state index in [2.05, 4.69) is 9.46 Å². The Morgan fingerprint density at radius 3 is 2.24 bits per heavy atom. The number of hydrogen-bond donors (Lipinski definition) is 1. The molecule has 6 nitrogen and oxygen atoms in total. The third-order valence-corrected chi connectivity index (χ3v) is 5.45. The van der Waals surface area contributed by atoms with E-state index in [1.165, 1.54) is 7.11 Å². The molecule has 0 saturated carbocycles. The predicted octanol–water partition coefficient (Wildman–Crippen LogP) is 3.25. The van der Waals surface area contributed by atoms with Crippen LogP contribution in [0.15, 0.2) is 29.2 Å². The summed E-state index contributed by atoms with van der Waals surface area (Å²) in [4.78, 5) is 11.2. The second kappa shape index (κ2) is 9.01. The molecule has 1 rings (SSSR count). The first-order valence-electron chi connectivity index (χ1n) is 8.06. The van der Waals surface area contributed by atoms with Crippen LogP contribution in [-0.4, -0.2) is 34.3 Å².